The van der Waals surface area contributed by atoms with Crippen molar-refractivity contribution in [1.82, 2.24) is 10.3 Å². The molecule has 16 heavy (non-hydrogen) atoms. The summed E-state index contributed by atoms with van der Waals surface area (Å²) in [4.78, 5) is 17.0. The smallest absolute Gasteiger partial charge is 0.236 e. The molecule has 0 spiro atoms. The molecule has 1 heterocycles. The maximum absolute atomic E-state index is 11.3. The van der Waals surface area contributed by atoms with Gasteiger partial charge in [-0.2, -0.15) is 0 Å². The van der Waals surface area contributed by atoms with Crippen LogP contribution < -0.4 is 11.1 Å². The van der Waals surface area contributed by atoms with Crippen LogP contribution in [0.25, 0.3) is 0 Å². The van der Waals surface area contributed by atoms with Gasteiger partial charge in [0.25, 0.3) is 0 Å². The number of aryl methyl sites for hydroxylation is 1. The topological polar surface area (TPSA) is 68.0 Å². The van der Waals surface area contributed by atoms with Gasteiger partial charge in [-0.15, -0.1) is 11.3 Å². The molecular formula is C11H19N3OS. The summed E-state index contributed by atoms with van der Waals surface area (Å²) < 4.78 is 0. The fourth-order valence-electron chi connectivity index (χ4n) is 1.40. The minimum Gasteiger partial charge on any atom is -0.348 e. The van der Waals surface area contributed by atoms with Gasteiger partial charge >= 0.3 is 0 Å². The lowest BCUT2D eigenvalue weighted by molar-refractivity contribution is -0.122. The Bertz CT molecular complexity index is 371. The molecule has 90 valence electrons. The number of aromatic nitrogens is 1. The molecule has 1 rings (SSSR count). The van der Waals surface area contributed by atoms with Gasteiger partial charge < -0.3 is 11.1 Å². The second-order valence-corrected chi connectivity index (χ2v) is 5.50. The largest absolute Gasteiger partial charge is 0.348 e. The molecule has 3 N–H and O–H groups in total. The number of thiazole rings is 1. The van der Waals surface area contributed by atoms with E-state index >= 15 is 0 Å². The monoisotopic (exact) mass is 241 g/mol. The fraction of sp³-hybridized carbons (Fsp3) is 0.636. The molecule has 0 aromatic carbocycles. The molecule has 0 saturated carbocycles. The first-order valence-electron chi connectivity index (χ1n) is 5.41. The van der Waals surface area contributed by atoms with Gasteiger partial charge in [0.2, 0.25) is 5.91 Å². The summed E-state index contributed by atoms with van der Waals surface area (Å²) in [6.07, 6.45) is 0. The molecule has 0 fully saturated rings. The number of nitrogens with two attached hydrogens (primary N) is 1. The van der Waals surface area contributed by atoms with E-state index in [9.17, 15) is 4.79 Å². The van der Waals surface area contributed by atoms with Crippen molar-refractivity contribution in [2.24, 2.45) is 5.73 Å². The minimum atomic E-state index is -0.467. The molecule has 0 unspecified atom stereocenters. The summed E-state index contributed by atoms with van der Waals surface area (Å²) in [5.74, 6) is 0.285. The molecule has 4 nitrogen and oxygen atoms in total. The summed E-state index contributed by atoms with van der Waals surface area (Å²) in [6, 6.07) is -0.467. The quantitative estimate of drug-likeness (QED) is 0.840. The van der Waals surface area contributed by atoms with Crippen molar-refractivity contribution in [2.45, 2.75) is 46.2 Å². The normalized spacial score (nSPS) is 12.9. The molecule has 0 bridgehead atoms. The summed E-state index contributed by atoms with van der Waals surface area (Å²) in [5.41, 5.74) is 6.57. The lowest BCUT2D eigenvalue weighted by Gasteiger charge is -2.05. The van der Waals surface area contributed by atoms with Crippen molar-refractivity contribution in [3.05, 3.63) is 15.6 Å². The predicted octanol–water partition coefficient (Wildman–Crippen LogP) is 1.54. The molecule has 1 atom stereocenters. The van der Waals surface area contributed by atoms with E-state index < -0.39 is 6.04 Å². The molecule has 0 radical (unpaired) electrons. The van der Waals surface area contributed by atoms with E-state index in [0.717, 1.165) is 10.7 Å². The van der Waals surface area contributed by atoms with Crippen LogP contribution in [-0.4, -0.2) is 16.9 Å². The van der Waals surface area contributed by atoms with Gasteiger partial charge in [-0.05, 0) is 19.8 Å². The summed E-state index contributed by atoms with van der Waals surface area (Å²) in [5, 5.41) is 3.70. The highest BCUT2D eigenvalue weighted by atomic mass is 32.1. The van der Waals surface area contributed by atoms with Gasteiger partial charge in [0.05, 0.1) is 18.3 Å². The van der Waals surface area contributed by atoms with Crippen LogP contribution in [0, 0.1) is 6.92 Å². The van der Waals surface area contributed by atoms with Crippen LogP contribution in [0.1, 0.15) is 42.3 Å². The van der Waals surface area contributed by atoms with Crippen LogP contribution in [0.2, 0.25) is 0 Å². The van der Waals surface area contributed by atoms with Crippen molar-refractivity contribution < 1.29 is 4.79 Å². The molecule has 1 aromatic heterocycles. The van der Waals surface area contributed by atoms with Crippen LogP contribution in [0.4, 0.5) is 0 Å². The second kappa shape index (κ2) is 5.41. The van der Waals surface area contributed by atoms with Crippen molar-refractivity contribution in [3.8, 4) is 0 Å². The first-order chi connectivity index (χ1) is 7.41. The molecule has 0 saturated heterocycles. The van der Waals surface area contributed by atoms with E-state index in [-0.39, 0.29) is 5.91 Å². The average Bonchev–Trinajstić information content (AvgIpc) is 2.56. The van der Waals surface area contributed by atoms with Gasteiger partial charge in [0, 0.05) is 4.88 Å². The SMILES string of the molecule is Cc1sc(CNC(=O)[C@@H](C)N)nc1C(C)C. The van der Waals surface area contributed by atoms with Crippen molar-refractivity contribution in [1.29, 1.82) is 0 Å². The van der Waals surface area contributed by atoms with E-state index in [1.54, 1.807) is 18.3 Å². The zero-order chi connectivity index (χ0) is 12.3. The number of carbonyl (C=O) groups excluding carboxylic acids is 1. The van der Waals surface area contributed by atoms with E-state index in [4.69, 9.17) is 5.73 Å². The molecular weight excluding hydrogens is 222 g/mol. The van der Waals surface area contributed by atoms with E-state index in [1.165, 1.54) is 4.88 Å². The average molecular weight is 241 g/mol. The maximum atomic E-state index is 11.3. The first kappa shape index (κ1) is 13.1. The molecule has 0 aliphatic carbocycles. The standard InChI is InChI=1S/C11H19N3OS/c1-6(2)10-8(4)16-9(14-10)5-13-11(15)7(3)12/h6-7H,5,12H2,1-4H3,(H,13,15)/t7-/m1/s1. The van der Waals surface area contributed by atoms with Crippen molar-refractivity contribution in [2.75, 3.05) is 0 Å². The number of amides is 1. The molecule has 0 aliphatic rings. The molecule has 1 amide bonds. The van der Waals surface area contributed by atoms with Gasteiger partial charge in [-0.1, -0.05) is 13.8 Å². The number of hydrogen-bond acceptors (Lipinski definition) is 4. The van der Waals surface area contributed by atoms with E-state index in [0.29, 0.717) is 12.5 Å². The Morgan fingerprint density at radius 3 is 2.56 bits per heavy atom. The highest BCUT2D eigenvalue weighted by molar-refractivity contribution is 7.11. The number of carbonyl (C=O) groups is 1. The zero-order valence-electron chi connectivity index (χ0n) is 10.2. The highest BCUT2D eigenvalue weighted by Crippen LogP contribution is 2.23. The predicted molar refractivity (Wildman–Crippen MR) is 66.4 cm³/mol. The van der Waals surface area contributed by atoms with Crippen molar-refractivity contribution in [3.63, 3.8) is 0 Å². The van der Waals surface area contributed by atoms with Crippen LogP contribution in [-0.2, 0) is 11.3 Å². The number of nitrogens with one attached hydrogen (secondary N) is 1. The maximum Gasteiger partial charge on any atom is 0.236 e. The second-order valence-electron chi connectivity index (χ2n) is 4.21. The zero-order valence-corrected chi connectivity index (χ0v) is 11.0. The Morgan fingerprint density at radius 2 is 2.12 bits per heavy atom. The summed E-state index contributed by atoms with van der Waals surface area (Å²) in [6.45, 7) is 8.43. The number of hydrogen-bond donors (Lipinski definition) is 2. The molecule has 0 aliphatic heterocycles. The van der Waals surface area contributed by atoms with Gasteiger partial charge in [-0.25, -0.2) is 4.98 Å². The Labute approximate surface area is 100 Å². The van der Waals surface area contributed by atoms with E-state index in [2.05, 4.69) is 31.1 Å². The van der Waals surface area contributed by atoms with Gasteiger partial charge in [-0.3, -0.25) is 4.79 Å². The Hall–Kier alpha value is -0.940. The van der Waals surface area contributed by atoms with Gasteiger partial charge in [0.1, 0.15) is 5.01 Å². The lowest BCUT2D eigenvalue weighted by Crippen LogP contribution is -2.37. The highest BCUT2D eigenvalue weighted by Gasteiger charge is 2.12. The van der Waals surface area contributed by atoms with Crippen LogP contribution in [0.3, 0.4) is 0 Å². The summed E-state index contributed by atoms with van der Waals surface area (Å²) in [7, 11) is 0. The van der Waals surface area contributed by atoms with Gasteiger partial charge in [0.15, 0.2) is 0 Å². The summed E-state index contributed by atoms with van der Waals surface area (Å²) >= 11 is 1.63. The Balaban J connectivity index is 2.62. The number of rotatable bonds is 4. The Morgan fingerprint density at radius 1 is 1.50 bits per heavy atom. The van der Waals surface area contributed by atoms with Crippen LogP contribution in [0.5, 0.6) is 0 Å². The third-order valence-electron chi connectivity index (χ3n) is 2.25. The van der Waals surface area contributed by atoms with Crippen LogP contribution in [0.15, 0.2) is 0 Å². The Kier molecular flexibility index (Phi) is 4.44. The first-order valence-corrected chi connectivity index (χ1v) is 6.23. The third-order valence-corrected chi connectivity index (χ3v) is 3.24. The molecule has 1 aromatic rings. The van der Waals surface area contributed by atoms with Crippen molar-refractivity contribution >= 4 is 17.2 Å². The lowest BCUT2D eigenvalue weighted by atomic mass is 10.1. The fourth-order valence-corrected chi connectivity index (χ4v) is 2.43. The molecule has 5 heteroatoms. The third kappa shape index (κ3) is 3.28. The van der Waals surface area contributed by atoms with E-state index in [1.807, 2.05) is 0 Å². The number of nitrogens with zero attached hydrogens (tertiary/aromatic N) is 1. The minimum absolute atomic E-state index is 0.140. The van der Waals surface area contributed by atoms with Crippen LogP contribution >= 0.6 is 11.3 Å².